The molecule has 8 heteroatoms. The summed E-state index contributed by atoms with van der Waals surface area (Å²) >= 11 is 1.80. The normalized spacial score (nSPS) is 20.1. The molecule has 3 rings (SSSR count). The number of fused-ring (bicyclic) bond motifs is 1. The zero-order valence-electron chi connectivity index (χ0n) is 15.7. The van der Waals surface area contributed by atoms with Gasteiger partial charge >= 0.3 is 0 Å². The molecule has 1 aliphatic rings. The van der Waals surface area contributed by atoms with Crippen LogP contribution in [0.25, 0.3) is 0 Å². The Labute approximate surface area is 164 Å². The van der Waals surface area contributed by atoms with Crippen molar-refractivity contribution in [1.82, 2.24) is 10.2 Å². The number of carbonyl (C=O) groups is 1. The number of sulfonamides is 1. The molecule has 2 atom stereocenters. The number of nitrogens with zero attached hydrogens (tertiary/aromatic N) is 1. The fourth-order valence-electron chi connectivity index (χ4n) is 3.46. The van der Waals surface area contributed by atoms with Crippen LogP contribution in [0.1, 0.15) is 46.6 Å². The number of hydrogen-bond donors (Lipinski definition) is 2. The molecule has 2 heterocycles. The van der Waals surface area contributed by atoms with Gasteiger partial charge in [-0.15, -0.1) is 11.3 Å². The van der Waals surface area contributed by atoms with Gasteiger partial charge < -0.3 is 5.32 Å². The van der Waals surface area contributed by atoms with Crippen molar-refractivity contribution in [1.29, 1.82) is 0 Å². The number of thiophene rings is 1. The Morgan fingerprint density at radius 2 is 1.93 bits per heavy atom. The van der Waals surface area contributed by atoms with E-state index in [1.165, 1.54) is 10.4 Å². The van der Waals surface area contributed by atoms with Crippen molar-refractivity contribution in [3.8, 4) is 0 Å². The van der Waals surface area contributed by atoms with Gasteiger partial charge in [-0.3, -0.25) is 14.4 Å². The van der Waals surface area contributed by atoms with Crippen molar-refractivity contribution in [2.75, 3.05) is 30.6 Å². The van der Waals surface area contributed by atoms with E-state index in [2.05, 4.69) is 40.2 Å². The zero-order valence-corrected chi connectivity index (χ0v) is 17.4. The summed E-state index contributed by atoms with van der Waals surface area (Å²) in [5, 5.41) is 5.11. The maximum atomic E-state index is 12.3. The molecule has 1 aromatic carbocycles. The van der Waals surface area contributed by atoms with Gasteiger partial charge in [0.05, 0.1) is 6.26 Å². The predicted molar refractivity (Wildman–Crippen MR) is 110 cm³/mol. The average Bonchev–Trinajstić information content (AvgIpc) is 3.09. The van der Waals surface area contributed by atoms with E-state index in [0.717, 1.165) is 19.3 Å². The molecular weight excluding hydrogens is 382 g/mol. The lowest BCUT2D eigenvalue weighted by Crippen LogP contribution is -2.40. The van der Waals surface area contributed by atoms with Crippen molar-refractivity contribution >= 4 is 33.0 Å². The first-order chi connectivity index (χ1) is 12.7. The second kappa shape index (κ2) is 8.00. The summed E-state index contributed by atoms with van der Waals surface area (Å²) < 4.78 is 24.8. The minimum atomic E-state index is -3.32. The Morgan fingerprint density at radius 1 is 1.22 bits per heavy atom. The Kier molecular flexibility index (Phi) is 5.88. The van der Waals surface area contributed by atoms with Crippen molar-refractivity contribution in [3.05, 3.63) is 51.7 Å². The summed E-state index contributed by atoms with van der Waals surface area (Å²) in [6.07, 6.45) is 1.09. The molecule has 146 valence electrons. The molecule has 6 nitrogen and oxygen atoms in total. The molecule has 1 aromatic heterocycles. The Balaban J connectivity index is 1.53. The topological polar surface area (TPSA) is 78.5 Å². The second-order valence-electron chi connectivity index (χ2n) is 7.02. The molecule has 2 N–H and O–H groups in total. The molecule has 0 aliphatic carbocycles. The first-order valence-electron chi connectivity index (χ1n) is 8.92. The van der Waals surface area contributed by atoms with Crippen LogP contribution in [0.2, 0.25) is 0 Å². The zero-order chi connectivity index (χ0) is 19.6. The minimum Gasteiger partial charge on any atom is -0.351 e. The highest BCUT2D eigenvalue weighted by atomic mass is 32.2. The van der Waals surface area contributed by atoms with Gasteiger partial charge in [-0.25, -0.2) is 8.42 Å². The Morgan fingerprint density at radius 3 is 2.59 bits per heavy atom. The largest absolute Gasteiger partial charge is 0.351 e. The molecule has 1 amide bonds. The Hall–Kier alpha value is -1.90. The van der Waals surface area contributed by atoms with Gasteiger partial charge in [-0.05, 0) is 54.1 Å². The van der Waals surface area contributed by atoms with Crippen LogP contribution in [0.4, 0.5) is 5.69 Å². The van der Waals surface area contributed by atoms with Crippen LogP contribution in [0, 0.1) is 0 Å². The molecule has 0 bridgehead atoms. The van der Waals surface area contributed by atoms with E-state index < -0.39 is 10.0 Å². The first-order valence-corrected chi connectivity index (χ1v) is 11.7. The molecule has 2 aromatic rings. The van der Waals surface area contributed by atoms with Gasteiger partial charge in [0.25, 0.3) is 5.91 Å². The summed E-state index contributed by atoms with van der Waals surface area (Å²) in [6.45, 7) is 6.82. The van der Waals surface area contributed by atoms with Crippen molar-refractivity contribution < 1.29 is 13.2 Å². The van der Waals surface area contributed by atoms with Crippen LogP contribution < -0.4 is 10.0 Å². The Bertz CT molecular complexity index is 907. The molecule has 0 saturated heterocycles. The van der Waals surface area contributed by atoms with E-state index in [-0.39, 0.29) is 5.91 Å². The summed E-state index contributed by atoms with van der Waals surface area (Å²) in [5.41, 5.74) is 2.40. The molecule has 0 saturated carbocycles. The highest BCUT2D eigenvalue weighted by Crippen LogP contribution is 2.38. The third kappa shape index (κ3) is 4.88. The minimum absolute atomic E-state index is 0.157. The van der Waals surface area contributed by atoms with Crippen molar-refractivity contribution in [2.45, 2.75) is 25.8 Å². The molecule has 1 aliphatic heterocycles. The lowest BCUT2D eigenvalue weighted by molar-refractivity contribution is 0.0942. The van der Waals surface area contributed by atoms with Crippen molar-refractivity contribution in [3.63, 3.8) is 0 Å². The lowest BCUT2D eigenvalue weighted by atomic mass is 9.93. The van der Waals surface area contributed by atoms with E-state index in [0.29, 0.717) is 29.8 Å². The molecule has 27 heavy (non-hydrogen) atoms. The van der Waals surface area contributed by atoms with E-state index >= 15 is 0 Å². The summed E-state index contributed by atoms with van der Waals surface area (Å²) in [7, 11) is -3.32. The fraction of sp³-hybridized carbons (Fsp3) is 0.421. The summed E-state index contributed by atoms with van der Waals surface area (Å²) in [5.74, 6) is 0.350. The van der Waals surface area contributed by atoms with Gasteiger partial charge in [0, 0.05) is 41.8 Å². The van der Waals surface area contributed by atoms with Crippen LogP contribution in [-0.2, 0) is 10.0 Å². The molecule has 2 unspecified atom stereocenters. The number of benzene rings is 1. The van der Waals surface area contributed by atoms with E-state index in [1.54, 1.807) is 35.6 Å². The highest BCUT2D eigenvalue weighted by molar-refractivity contribution is 7.92. The van der Waals surface area contributed by atoms with Crippen LogP contribution in [0.3, 0.4) is 0 Å². The quantitative estimate of drug-likeness (QED) is 0.772. The maximum Gasteiger partial charge on any atom is 0.251 e. The number of amides is 1. The van der Waals surface area contributed by atoms with Gasteiger partial charge in [0.1, 0.15) is 0 Å². The number of hydrogen-bond acceptors (Lipinski definition) is 5. The lowest BCUT2D eigenvalue weighted by Gasteiger charge is -2.36. The van der Waals surface area contributed by atoms with Gasteiger partial charge in [-0.1, -0.05) is 6.92 Å². The number of nitrogens with one attached hydrogen (secondary N) is 2. The van der Waals surface area contributed by atoms with E-state index in [1.807, 2.05) is 0 Å². The van der Waals surface area contributed by atoms with Gasteiger partial charge in [0.15, 0.2) is 0 Å². The van der Waals surface area contributed by atoms with Gasteiger partial charge in [-0.2, -0.15) is 0 Å². The third-order valence-corrected chi connectivity index (χ3v) is 6.54. The summed E-state index contributed by atoms with van der Waals surface area (Å²) in [6, 6.07) is 9.00. The van der Waals surface area contributed by atoms with E-state index in [4.69, 9.17) is 0 Å². The number of anilines is 1. The average molecular weight is 408 g/mol. The SMILES string of the molecule is CC1CN(CCNC(=O)c2ccc(NS(C)(=O)=O)cc2)C(C)c2sccc21. The fourth-order valence-corrected chi connectivity index (χ4v) is 5.13. The third-order valence-electron chi connectivity index (χ3n) is 4.83. The standard InChI is InChI=1S/C19H25N3O3S2/c1-13-12-22(14(2)18-17(13)8-11-26-18)10-9-20-19(23)15-4-6-16(7-5-15)21-27(3,24)25/h4-8,11,13-14,21H,9-10,12H2,1-3H3,(H,20,23). The molecule has 0 radical (unpaired) electrons. The molecule has 0 spiro atoms. The number of carbonyl (C=O) groups excluding carboxylic acids is 1. The second-order valence-corrected chi connectivity index (χ2v) is 9.72. The summed E-state index contributed by atoms with van der Waals surface area (Å²) in [4.78, 5) is 16.2. The first kappa shape index (κ1) is 19.9. The molecule has 0 fully saturated rings. The maximum absolute atomic E-state index is 12.3. The van der Waals surface area contributed by atoms with Crippen molar-refractivity contribution in [2.24, 2.45) is 0 Å². The highest BCUT2D eigenvalue weighted by Gasteiger charge is 2.28. The van der Waals surface area contributed by atoms with E-state index in [9.17, 15) is 13.2 Å². The monoisotopic (exact) mass is 407 g/mol. The smallest absolute Gasteiger partial charge is 0.251 e. The molecular formula is C19H25N3O3S2. The predicted octanol–water partition coefficient (Wildman–Crippen LogP) is 3.03. The van der Waals surface area contributed by atoms with Crippen LogP contribution in [-0.4, -0.2) is 45.1 Å². The number of rotatable bonds is 6. The van der Waals surface area contributed by atoms with Crippen LogP contribution in [0.5, 0.6) is 0 Å². The van der Waals surface area contributed by atoms with Gasteiger partial charge in [0.2, 0.25) is 10.0 Å². The van der Waals surface area contributed by atoms with Crippen LogP contribution in [0.15, 0.2) is 35.7 Å². The van der Waals surface area contributed by atoms with Crippen LogP contribution >= 0.6 is 11.3 Å².